The number of aromatic hydroxyl groups is 1. The van der Waals surface area contributed by atoms with Crippen LogP contribution in [0.3, 0.4) is 0 Å². The SMILES string of the molecule is CC1=CC(=O)C2=C(C1=O)[C@@H](c1ccc3ccccc3c1O)C1=CC[C@@H]3C(=O)N(C(N)=O)C(=O)[C@@H]3[C@@H]1C2. The summed E-state index contributed by atoms with van der Waals surface area (Å²) < 4.78 is 0. The number of nitrogens with two attached hydrogens (primary N) is 1. The van der Waals surface area contributed by atoms with Crippen LogP contribution in [-0.2, 0) is 19.2 Å². The lowest BCUT2D eigenvalue weighted by molar-refractivity contribution is -0.136. The minimum atomic E-state index is -1.12. The quantitative estimate of drug-likeness (QED) is 0.364. The summed E-state index contributed by atoms with van der Waals surface area (Å²) in [5.74, 6) is -4.93. The van der Waals surface area contributed by atoms with E-state index in [1.54, 1.807) is 25.1 Å². The minimum Gasteiger partial charge on any atom is -0.507 e. The Morgan fingerprint density at radius 3 is 2.53 bits per heavy atom. The van der Waals surface area contributed by atoms with E-state index in [2.05, 4.69) is 0 Å². The van der Waals surface area contributed by atoms with Gasteiger partial charge in [-0.25, -0.2) is 4.79 Å². The van der Waals surface area contributed by atoms with Crippen LogP contribution < -0.4 is 5.73 Å². The van der Waals surface area contributed by atoms with Crippen molar-refractivity contribution >= 4 is 40.2 Å². The van der Waals surface area contributed by atoms with Crippen molar-refractivity contribution in [2.24, 2.45) is 23.5 Å². The summed E-state index contributed by atoms with van der Waals surface area (Å²) in [6.45, 7) is 1.59. The first-order valence-electron chi connectivity index (χ1n) is 11.8. The maximum absolute atomic E-state index is 13.4. The van der Waals surface area contributed by atoms with E-state index >= 15 is 0 Å². The molecule has 1 heterocycles. The number of hydrogen-bond donors (Lipinski definition) is 2. The number of carbonyl (C=O) groups excluding carboxylic acids is 5. The topological polar surface area (TPSA) is 135 Å². The number of ketones is 2. The van der Waals surface area contributed by atoms with Crippen molar-refractivity contribution < 1.29 is 29.1 Å². The molecule has 180 valence electrons. The number of imide groups is 3. The van der Waals surface area contributed by atoms with Crippen molar-refractivity contribution in [1.29, 1.82) is 0 Å². The van der Waals surface area contributed by atoms with Crippen LogP contribution >= 0.6 is 0 Å². The molecule has 1 fully saturated rings. The number of nitrogens with zero attached hydrogens (tertiary/aromatic N) is 1. The van der Waals surface area contributed by atoms with Gasteiger partial charge in [-0.1, -0.05) is 48.0 Å². The predicted octanol–water partition coefficient (Wildman–Crippen LogP) is 3.05. The van der Waals surface area contributed by atoms with Crippen LogP contribution in [0.2, 0.25) is 0 Å². The third-order valence-corrected chi connectivity index (χ3v) is 8.03. The van der Waals surface area contributed by atoms with Gasteiger partial charge in [-0.15, -0.1) is 0 Å². The maximum Gasteiger partial charge on any atom is 0.328 e. The molecule has 4 atom stereocenters. The number of benzene rings is 2. The van der Waals surface area contributed by atoms with Crippen LogP contribution in [0, 0.1) is 17.8 Å². The first-order valence-corrected chi connectivity index (χ1v) is 11.8. The Balaban J connectivity index is 1.58. The number of fused-ring (bicyclic) bond motifs is 4. The largest absolute Gasteiger partial charge is 0.507 e. The average Bonchev–Trinajstić information content (AvgIpc) is 3.12. The third-order valence-electron chi connectivity index (χ3n) is 8.03. The zero-order valence-corrected chi connectivity index (χ0v) is 19.4. The van der Waals surface area contributed by atoms with Gasteiger partial charge in [-0.3, -0.25) is 19.2 Å². The predicted molar refractivity (Wildman–Crippen MR) is 128 cm³/mol. The van der Waals surface area contributed by atoms with Gasteiger partial charge in [0.2, 0.25) is 11.8 Å². The normalized spacial score (nSPS) is 27.5. The van der Waals surface area contributed by atoms with Crippen molar-refractivity contribution in [3.63, 3.8) is 0 Å². The van der Waals surface area contributed by atoms with Gasteiger partial charge in [0.05, 0.1) is 11.8 Å². The van der Waals surface area contributed by atoms with E-state index in [-0.39, 0.29) is 35.7 Å². The van der Waals surface area contributed by atoms with Crippen molar-refractivity contribution in [2.45, 2.75) is 25.7 Å². The molecule has 2 aromatic rings. The summed E-state index contributed by atoms with van der Waals surface area (Å²) in [4.78, 5) is 65.1. The van der Waals surface area contributed by atoms with E-state index in [1.807, 2.05) is 24.3 Å². The van der Waals surface area contributed by atoms with Gasteiger partial charge in [-0.05, 0) is 37.1 Å². The smallest absolute Gasteiger partial charge is 0.328 e. The number of hydrogen-bond acceptors (Lipinski definition) is 6. The van der Waals surface area contributed by atoms with Gasteiger partial charge >= 0.3 is 6.03 Å². The second kappa shape index (κ2) is 7.58. The summed E-state index contributed by atoms with van der Waals surface area (Å²) in [6, 6.07) is 9.76. The van der Waals surface area contributed by atoms with E-state index < -0.39 is 41.5 Å². The molecule has 8 heteroatoms. The van der Waals surface area contributed by atoms with Crippen LogP contribution in [-0.4, -0.2) is 39.4 Å². The highest BCUT2D eigenvalue weighted by Crippen LogP contribution is 2.56. The molecule has 1 aliphatic heterocycles. The molecular formula is C28H22N2O6. The van der Waals surface area contributed by atoms with Crippen LogP contribution in [0.15, 0.2) is 70.8 Å². The summed E-state index contributed by atoms with van der Waals surface area (Å²) in [6.07, 6.45) is 3.41. The average molecular weight is 482 g/mol. The molecule has 0 unspecified atom stereocenters. The monoisotopic (exact) mass is 482 g/mol. The number of rotatable bonds is 1. The fourth-order valence-corrected chi connectivity index (χ4v) is 6.44. The molecule has 2 aromatic carbocycles. The van der Waals surface area contributed by atoms with E-state index in [0.717, 1.165) is 5.39 Å². The molecule has 0 aromatic heterocycles. The molecule has 1 saturated heterocycles. The second-order valence-corrected chi connectivity index (χ2v) is 9.80. The Hall–Kier alpha value is -4.33. The fraction of sp³-hybridized carbons (Fsp3) is 0.250. The molecule has 4 amide bonds. The zero-order valence-electron chi connectivity index (χ0n) is 19.4. The molecule has 4 aliphatic rings. The lowest BCUT2D eigenvalue weighted by Gasteiger charge is -2.42. The highest BCUT2D eigenvalue weighted by atomic mass is 16.3. The maximum atomic E-state index is 13.4. The van der Waals surface area contributed by atoms with Crippen LogP contribution in [0.4, 0.5) is 4.79 Å². The number of phenolic OH excluding ortho intramolecular Hbond substituents is 1. The fourth-order valence-electron chi connectivity index (χ4n) is 6.44. The molecular weight excluding hydrogens is 460 g/mol. The van der Waals surface area contributed by atoms with Crippen molar-refractivity contribution in [2.75, 3.05) is 0 Å². The Morgan fingerprint density at radius 2 is 1.78 bits per heavy atom. The number of likely N-dealkylation sites (tertiary alicyclic amines) is 1. The molecule has 3 aliphatic carbocycles. The lowest BCUT2D eigenvalue weighted by Crippen LogP contribution is -2.42. The van der Waals surface area contributed by atoms with Gasteiger partial charge in [-0.2, -0.15) is 4.90 Å². The van der Waals surface area contributed by atoms with Crippen LogP contribution in [0.25, 0.3) is 10.8 Å². The molecule has 36 heavy (non-hydrogen) atoms. The Bertz CT molecular complexity index is 1540. The molecule has 6 rings (SSSR count). The minimum absolute atomic E-state index is 0.00586. The first kappa shape index (κ1) is 22.2. The molecule has 0 saturated carbocycles. The van der Waals surface area contributed by atoms with Crippen molar-refractivity contribution in [1.82, 2.24) is 4.90 Å². The number of amides is 4. The van der Waals surface area contributed by atoms with Gasteiger partial charge in [0.15, 0.2) is 11.6 Å². The summed E-state index contributed by atoms with van der Waals surface area (Å²) in [7, 11) is 0. The third kappa shape index (κ3) is 2.84. The lowest BCUT2D eigenvalue weighted by atomic mass is 9.59. The first-order chi connectivity index (χ1) is 17.2. The summed E-state index contributed by atoms with van der Waals surface area (Å²) in [5, 5.41) is 12.8. The molecule has 3 N–H and O–H groups in total. The highest BCUT2D eigenvalue weighted by Gasteiger charge is 2.57. The van der Waals surface area contributed by atoms with Gasteiger partial charge in [0.25, 0.3) is 0 Å². The number of phenols is 1. The van der Waals surface area contributed by atoms with E-state index in [4.69, 9.17) is 5.73 Å². The Kier molecular flexibility index (Phi) is 4.67. The number of primary amides is 1. The van der Waals surface area contributed by atoms with E-state index in [0.29, 0.717) is 32.6 Å². The highest BCUT2D eigenvalue weighted by molar-refractivity contribution is 6.24. The Morgan fingerprint density at radius 1 is 1.03 bits per heavy atom. The molecule has 8 nitrogen and oxygen atoms in total. The van der Waals surface area contributed by atoms with Gasteiger partial charge in [0, 0.05) is 33.6 Å². The molecule has 0 spiro atoms. The summed E-state index contributed by atoms with van der Waals surface area (Å²) >= 11 is 0. The zero-order chi connectivity index (χ0) is 25.5. The summed E-state index contributed by atoms with van der Waals surface area (Å²) in [5.41, 5.74) is 7.38. The number of urea groups is 1. The van der Waals surface area contributed by atoms with Crippen LogP contribution in [0.1, 0.15) is 31.2 Å². The van der Waals surface area contributed by atoms with Crippen molar-refractivity contribution in [3.8, 4) is 5.75 Å². The number of Topliss-reactive ketones (excluding diaryl/α,β-unsaturated/α-hetero) is 1. The number of carbonyl (C=O) groups is 5. The second-order valence-electron chi connectivity index (χ2n) is 9.80. The Labute approximate surface area is 205 Å². The standard InChI is InChI=1S/C28H22N2O6/c1-12-10-20(31)19-11-18-15(8-9-17-22(18)27(35)30(26(17)34)28(29)36)21(23(19)24(12)32)16-7-6-13-4-2-3-5-14(13)25(16)33/h2-8,10,17-18,21-22,33H,9,11H2,1H3,(H2,29,36)/t17-,18+,21+,22-/m0/s1. The molecule has 0 radical (unpaired) electrons. The molecule has 0 bridgehead atoms. The van der Waals surface area contributed by atoms with Gasteiger partial charge in [0.1, 0.15) is 5.75 Å². The van der Waals surface area contributed by atoms with Crippen molar-refractivity contribution in [3.05, 3.63) is 76.4 Å². The van der Waals surface area contributed by atoms with Gasteiger partial charge < -0.3 is 10.8 Å². The van der Waals surface area contributed by atoms with E-state index in [9.17, 15) is 29.1 Å². The number of allylic oxidation sites excluding steroid dienone is 6. The van der Waals surface area contributed by atoms with E-state index in [1.165, 1.54) is 6.08 Å². The van der Waals surface area contributed by atoms with Crippen LogP contribution in [0.5, 0.6) is 5.75 Å².